The highest BCUT2D eigenvalue weighted by molar-refractivity contribution is 7.99. The van der Waals surface area contributed by atoms with Gasteiger partial charge in [0.15, 0.2) is 0 Å². The van der Waals surface area contributed by atoms with Gasteiger partial charge in [-0.05, 0) is 18.2 Å². The minimum absolute atomic E-state index is 0.151. The molecule has 1 fully saturated rings. The van der Waals surface area contributed by atoms with Crippen molar-refractivity contribution in [2.75, 3.05) is 16.8 Å². The number of nitrogens with one attached hydrogen (secondary N) is 2. The summed E-state index contributed by atoms with van der Waals surface area (Å²) < 4.78 is 13.1. The first kappa shape index (κ1) is 14.1. The van der Waals surface area contributed by atoms with E-state index in [1.165, 1.54) is 23.9 Å². The first-order valence-electron chi connectivity index (χ1n) is 5.68. The summed E-state index contributed by atoms with van der Waals surface area (Å²) in [4.78, 5) is 23.4. The van der Waals surface area contributed by atoms with Crippen LogP contribution in [0.15, 0.2) is 18.2 Å². The first-order valence-corrected chi connectivity index (χ1v) is 7.22. The minimum Gasteiger partial charge on any atom is -0.343 e. The Balaban J connectivity index is 2.05. The van der Waals surface area contributed by atoms with E-state index in [4.69, 9.17) is 11.6 Å². The highest BCUT2D eigenvalue weighted by Crippen LogP contribution is 2.19. The molecule has 1 aromatic rings. The molecular weight excluding hydrogens is 291 g/mol. The maximum atomic E-state index is 13.1. The SMILES string of the molecule is O=C1CCSC[C@@H](C(=O)Nc2cc(F)cc(Cl)c2)N1. The second kappa shape index (κ2) is 6.25. The molecule has 1 aliphatic rings. The Kier molecular flexibility index (Phi) is 4.66. The summed E-state index contributed by atoms with van der Waals surface area (Å²) in [6.07, 6.45) is 0.403. The summed E-state index contributed by atoms with van der Waals surface area (Å²) >= 11 is 7.23. The van der Waals surface area contributed by atoms with E-state index < -0.39 is 11.9 Å². The Morgan fingerprint density at radius 3 is 3.00 bits per heavy atom. The molecule has 2 amide bonds. The van der Waals surface area contributed by atoms with Gasteiger partial charge < -0.3 is 10.6 Å². The molecule has 0 aliphatic carbocycles. The topological polar surface area (TPSA) is 58.2 Å². The highest BCUT2D eigenvalue weighted by Gasteiger charge is 2.23. The van der Waals surface area contributed by atoms with Crippen molar-refractivity contribution in [3.63, 3.8) is 0 Å². The number of benzene rings is 1. The number of hydrogen-bond acceptors (Lipinski definition) is 3. The van der Waals surface area contributed by atoms with Crippen LogP contribution in [-0.4, -0.2) is 29.4 Å². The van der Waals surface area contributed by atoms with Crippen molar-refractivity contribution in [1.29, 1.82) is 0 Å². The molecule has 0 radical (unpaired) electrons. The van der Waals surface area contributed by atoms with Crippen LogP contribution in [0.1, 0.15) is 6.42 Å². The van der Waals surface area contributed by atoms with E-state index in [0.717, 1.165) is 6.07 Å². The third kappa shape index (κ3) is 4.11. The van der Waals surface area contributed by atoms with Crippen molar-refractivity contribution >= 4 is 40.9 Å². The number of hydrogen-bond donors (Lipinski definition) is 2. The fourth-order valence-electron chi connectivity index (χ4n) is 1.67. The van der Waals surface area contributed by atoms with E-state index in [1.807, 2.05) is 0 Å². The zero-order chi connectivity index (χ0) is 13.8. The average molecular weight is 303 g/mol. The van der Waals surface area contributed by atoms with Gasteiger partial charge >= 0.3 is 0 Å². The lowest BCUT2D eigenvalue weighted by molar-refractivity contribution is -0.125. The zero-order valence-electron chi connectivity index (χ0n) is 9.91. The lowest BCUT2D eigenvalue weighted by Crippen LogP contribution is -2.44. The Morgan fingerprint density at radius 2 is 2.26 bits per heavy atom. The summed E-state index contributed by atoms with van der Waals surface area (Å²) in [5.74, 6) is 0.149. The third-order valence-electron chi connectivity index (χ3n) is 2.54. The van der Waals surface area contributed by atoms with Gasteiger partial charge in [0, 0.05) is 28.6 Å². The van der Waals surface area contributed by atoms with Crippen LogP contribution < -0.4 is 10.6 Å². The lowest BCUT2D eigenvalue weighted by atomic mass is 10.2. The molecule has 2 N–H and O–H groups in total. The monoisotopic (exact) mass is 302 g/mol. The minimum atomic E-state index is -0.609. The van der Waals surface area contributed by atoms with Crippen molar-refractivity contribution in [2.45, 2.75) is 12.5 Å². The third-order valence-corrected chi connectivity index (χ3v) is 3.82. The number of carbonyl (C=O) groups excluding carboxylic acids is 2. The van der Waals surface area contributed by atoms with Gasteiger partial charge in [-0.1, -0.05) is 11.6 Å². The molecule has 1 heterocycles. The van der Waals surface area contributed by atoms with Crippen LogP contribution in [0.5, 0.6) is 0 Å². The predicted octanol–water partition coefficient (Wildman–Crippen LogP) is 2.04. The van der Waals surface area contributed by atoms with E-state index >= 15 is 0 Å². The molecule has 0 spiro atoms. The molecule has 0 saturated carbocycles. The van der Waals surface area contributed by atoms with Gasteiger partial charge in [-0.2, -0.15) is 11.8 Å². The Bertz CT molecular complexity index is 492. The summed E-state index contributed by atoms with van der Waals surface area (Å²) in [6.45, 7) is 0. The van der Waals surface area contributed by atoms with Gasteiger partial charge in [0.2, 0.25) is 11.8 Å². The summed E-state index contributed by atoms with van der Waals surface area (Å²) in [6, 6.07) is 3.17. The van der Waals surface area contributed by atoms with Gasteiger partial charge in [-0.25, -0.2) is 4.39 Å². The number of amides is 2. The molecule has 19 heavy (non-hydrogen) atoms. The molecule has 1 atom stereocenters. The largest absolute Gasteiger partial charge is 0.343 e. The molecule has 4 nitrogen and oxygen atoms in total. The van der Waals surface area contributed by atoms with Crippen LogP contribution in [0, 0.1) is 5.82 Å². The van der Waals surface area contributed by atoms with Crippen LogP contribution in [-0.2, 0) is 9.59 Å². The maximum absolute atomic E-state index is 13.1. The first-order chi connectivity index (χ1) is 9.04. The van der Waals surface area contributed by atoms with Crippen molar-refractivity contribution in [1.82, 2.24) is 5.32 Å². The van der Waals surface area contributed by atoms with E-state index in [0.29, 0.717) is 17.9 Å². The Hall–Kier alpha value is -1.27. The van der Waals surface area contributed by atoms with Crippen LogP contribution in [0.25, 0.3) is 0 Å². The Labute approximate surface area is 119 Å². The molecular formula is C12H12ClFN2O2S. The molecule has 0 aromatic heterocycles. The smallest absolute Gasteiger partial charge is 0.247 e. The van der Waals surface area contributed by atoms with Gasteiger partial charge in [-0.3, -0.25) is 9.59 Å². The zero-order valence-corrected chi connectivity index (χ0v) is 11.5. The van der Waals surface area contributed by atoms with Gasteiger partial charge in [0.05, 0.1) is 0 Å². The molecule has 0 bridgehead atoms. The Morgan fingerprint density at radius 1 is 1.47 bits per heavy atom. The predicted molar refractivity (Wildman–Crippen MR) is 73.9 cm³/mol. The van der Waals surface area contributed by atoms with Gasteiger partial charge in [0.1, 0.15) is 11.9 Å². The highest BCUT2D eigenvalue weighted by atomic mass is 35.5. The molecule has 1 aromatic carbocycles. The van der Waals surface area contributed by atoms with Crippen molar-refractivity contribution < 1.29 is 14.0 Å². The van der Waals surface area contributed by atoms with Crippen molar-refractivity contribution in [2.24, 2.45) is 0 Å². The second-order valence-corrected chi connectivity index (χ2v) is 5.68. The number of halogens is 2. The van der Waals surface area contributed by atoms with E-state index in [-0.39, 0.29) is 22.5 Å². The summed E-state index contributed by atoms with van der Waals surface area (Å²) in [5.41, 5.74) is 0.276. The summed E-state index contributed by atoms with van der Waals surface area (Å²) in [7, 11) is 0. The van der Waals surface area contributed by atoms with Crippen LogP contribution in [0.3, 0.4) is 0 Å². The van der Waals surface area contributed by atoms with Crippen LogP contribution in [0.4, 0.5) is 10.1 Å². The van der Waals surface area contributed by atoms with Crippen LogP contribution >= 0.6 is 23.4 Å². The lowest BCUT2D eigenvalue weighted by Gasteiger charge is -2.15. The second-order valence-electron chi connectivity index (χ2n) is 4.09. The van der Waals surface area contributed by atoms with E-state index in [1.54, 1.807) is 0 Å². The number of rotatable bonds is 2. The fourth-order valence-corrected chi connectivity index (χ4v) is 2.86. The molecule has 1 saturated heterocycles. The van der Waals surface area contributed by atoms with Crippen LogP contribution in [0.2, 0.25) is 5.02 Å². The molecule has 2 rings (SSSR count). The quantitative estimate of drug-likeness (QED) is 0.879. The molecule has 0 unspecified atom stereocenters. The molecule has 1 aliphatic heterocycles. The summed E-state index contributed by atoms with van der Waals surface area (Å²) in [5, 5.41) is 5.38. The normalized spacial score (nSPS) is 19.5. The average Bonchev–Trinajstić information content (AvgIpc) is 2.52. The number of anilines is 1. The maximum Gasteiger partial charge on any atom is 0.247 e. The molecule has 7 heteroatoms. The number of carbonyl (C=O) groups is 2. The molecule has 102 valence electrons. The van der Waals surface area contributed by atoms with Gasteiger partial charge in [-0.15, -0.1) is 0 Å². The van der Waals surface area contributed by atoms with E-state index in [9.17, 15) is 14.0 Å². The van der Waals surface area contributed by atoms with Crippen molar-refractivity contribution in [3.05, 3.63) is 29.0 Å². The standard InChI is InChI=1S/C12H12ClFN2O2S/c13-7-3-8(14)5-9(4-7)15-12(18)10-6-19-2-1-11(17)16-10/h3-5,10H,1-2,6H2,(H,15,18)(H,16,17)/t10-/m0/s1. The van der Waals surface area contributed by atoms with Gasteiger partial charge in [0.25, 0.3) is 0 Å². The number of thioether (sulfide) groups is 1. The van der Waals surface area contributed by atoms with E-state index in [2.05, 4.69) is 10.6 Å². The van der Waals surface area contributed by atoms with Crippen molar-refractivity contribution in [3.8, 4) is 0 Å². The fraction of sp³-hybridized carbons (Fsp3) is 0.333.